The van der Waals surface area contributed by atoms with Gasteiger partial charge in [-0.25, -0.2) is 9.97 Å². The Morgan fingerprint density at radius 3 is 3.20 bits per heavy atom. The van der Waals surface area contributed by atoms with Gasteiger partial charge in [-0.2, -0.15) is 0 Å². The van der Waals surface area contributed by atoms with Crippen molar-refractivity contribution in [1.29, 1.82) is 0 Å². The standard InChI is InChI=1S/C15H18N4O/c1-5-16-6-8-19(7-1)15-17-10-11-2-3-13-12(4-9-20-13)14(11)18-15/h4,9-10,16H,1-3,5-8H2. The first-order valence-corrected chi connectivity index (χ1v) is 7.30. The van der Waals surface area contributed by atoms with E-state index in [0.29, 0.717) is 0 Å². The Morgan fingerprint density at radius 2 is 2.20 bits per heavy atom. The minimum Gasteiger partial charge on any atom is -0.469 e. The summed E-state index contributed by atoms with van der Waals surface area (Å²) in [5, 5.41) is 3.41. The summed E-state index contributed by atoms with van der Waals surface area (Å²) in [5.41, 5.74) is 3.43. The number of fused-ring (bicyclic) bond motifs is 3. The van der Waals surface area contributed by atoms with E-state index in [1.807, 2.05) is 12.3 Å². The molecule has 1 fully saturated rings. The van der Waals surface area contributed by atoms with Crippen molar-refractivity contribution < 1.29 is 4.42 Å². The zero-order valence-corrected chi connectivity index (χ0v) is 11.4. The molecule has 1 aliphatic heterocycles. The summed E-state index contributed by atoms with van der Waals surface area (Å²) < 4.78 is 5.53. The fourth-order valence-corrected chi connectivity index (χ4v) is 3.01. The number of furan rings is 1. The van der Waals surface area contributed by atoms with Gasteiger partial charge in [-0.1, -0.05) is 0 Å². The van der Waals surface area contributed by atoms with Gasteiger partial charge in [0.15, 0.2) is 0 Å². The molecular weight excluding hydrogens is 252 g/mol. The van der Waals surface area contributed by atoms with Gasteiger partial charge in [0, 0.05) is 37.8 Å². The highest BCUT2D eigenvalue weighted by Gasteiger charge is 2.22. The number of anilines is 1. The summed E-state index contributed by atoms with van der Waals surface area (Å²) in [6.07, 6.45) is 6.81. The lowest BCUT2D eigenvalue weighted by Crippen LogP contribution is -2.29. The van der Waals surface area contributed by atoms with Crippen LogP contribution in [0.2, 0.25) is 0 Å². The second-order valence-corrected chi connectivity index (χ2v) is 5.39. The molecular formula is C15H18N4O. The number of aromatic nitrogens is 2. The van der Waals surface area contributed by atoms with Crippen molar-refractivity contribution in [2.24, 2.45) is 0 Å². The molecule has 3 heterocycles. The molecule has 0 aromatic carbocycles. The normalized spacial score (nSPS) is 18.3. The molecule has 0 unspecified atom stereocenters. The van der Waals surface area contributed by atoms with Crippen molar-refractivity contribution in [3.63, 3.8) is 0 Å². The van der Waals surface area contributed by atoms with E-state index in [-0.39, 0.29) is 0 Å². The fraction of sp³-hybridized carbons (Fsp3) is 0.467. The number of nitrogens with zero attached hydrogens (tertiary/aromatic N) is 3. The molecule has 0 saturated carbocycles. The molecule has 2 aromatic rings. The highest BCUT2D eigenvalue weighted by atomic mass is 16.3. The zero-order chi connectivity index (χ0) is 13.4. The van der Waals surface area contributed by atoms with E-state index >= 15 is 0 Å². The van der Waals surface area contributed by atoms with Crippen molar-refractivity contribution in [3.05, 3.63) is 29.9 Å². The van der Waals surface area contributed by atoms with Gasteiger partial charge in [-0.3, -0.25) is 0 Å². The van der Waals surface area contributed by atoms with Crippen LogP contribution in [0.5, 0.6) is 0 Å². The summed E-state index contributed by atoms with van der Waals surface area (Å²) in [6, 6.07) is 2.02. The van der Waals surface area contributed by atoms with Gasteiger partial charge in [0.1, 0.15) is 5.76 Å². The quantitative estimate of drug-likeness (QED) is 0.853. The van der Waals surface area contributed by atoms with Crippen LogP contribution in [0, 0.1) is 0 Å². The van der Waals surface area contributed by atoms with Crippen LogP contribution in [0.25, 0.3) is 11.3 Å². The maximum atomic E-state index is 5.53. The average molecular weight is 270 g/mol. The molecule has 1 N–H and O–H groups in total. The third-order valence-electron chi connectivity index (χ3n) is 4.10. The number of aryl methyl sites for hydroxylation is 2. The van der Waals surface area contributed by atoms with Crippen LogP contribution in [0.4, 0.5) is 5.95 Å². The smallest absolute Gasteiger partial charge is 0.225 e. The lowest BCUT2D eigenvalue weighted by Gasteiger charge is -2.22. The van der Waals surface area contributed by atoms with Gasteiger partial charge >= 0.3 is 0 Å². The third kappa shape index (κ3) is 1.98. The van der Waals surface area contributed by atoms with Gasteiger partial charge in [0.25, 0.3) is 0 Å². The van der Waals surface area contributed by atoms with E-state index in [9.17, 15) is 0 Å². The van der Waals surface area contributed by atoms with Crippen LogP contribution < -0.4 is 10.2 Å². The first-order valence-electron chi connectivity index (χ1n) is 7.30. The molecule has 0 radical (unpaired) electrons. The lowest BCUT2D eigenvalue weighted by atomic mass is 9.96. The second-order valence-electron chi connectivity index (χ2n) is 5.39. The second kappa shape index (κ2) is 4.90. The fourth-order valence-electron chi connectivity index (χ4n) is 3.01. The Hall–Kier alpha value is -1.88. The van der Waals surface area contributed by atoms with Crippen LogP contribution in [-0.2, 0) is 12.8 Å². The first-order chi connectivity index (χ1) is 9.92. The van der Waals surface area contributed by atoms with Crippen molar-refractivity contribution in [3.8, 4) is 11.3 Å². The summed E-state index contributed by atoms with van der Waals surface area (Å²) in [5.74, 6) is 1.90. The molecule has 20 heavy (non-hydrogen) atoms. The largest absolute Gasteiger partial charge is 0.469 e. The van der Waals surface area contributed by atoms with Crippen molar-refractivity contribution in [1.82, 2.24) is 15.3 Å². The van der Waals surface area contributed by atoms with Crippen molar-refractivity contribution in [2.75, 3.05) is 31.1 Å². The number of nitrogens with one attached hydrogen (secondary N) is 1. The third-order valence-corrected chi connectivity index (χ3v) is 4.10. The van der Waals surface area contributed by atoms with Crippen LogP contribution in [-0.4, -0.2) is 36.1 Å². The molecule has 4 rings (SSSR count). The Balaban J connectivity index is 1.72. The topological polar surface area (TPSA) is 54.2 Å². The molecule has 5 nitrogen and oxygen atoms in total. The van der Waals surface area contributed by atoms with E-state index in [0.717, 1.165) is 68.4 Å². The van der Waals surface area contributed by atoms with Gasteiger partial charge in [0.05, 0.1) is 12.0 Å². The molecule has 0 bridgehead atoms. The molecule has 2 aromatic heterocycles. The van der Waals surface area contributed by atoms with Gasteiger partial charge < -0.3 is 14.6 Å². The highest BCUT2D eigenvalue weighted by molar-refractivity contribution is 5.68. The predicted molar refractivity (Wildman–Crippen MR) is 76.8 cm³/mol. The van der Waals surface area contributed by atoms with E-state index < -0.39 is 0 Å². The van der Waals surface area contributed by atoms with Crippen LogP contribution >= 0.6 is 0 Å². The maximum Gasteiger partial charge on any atom is 0.225 e. The molecule has 5 heteroatoms. The Kier molecular flexibility index (Phi) is 2.92. The van der Waals surface area contributed by atoms with Gasteiger partial charge in [-0.05, 0) is 31.0 Å². The maximum absolute atomic E-state index is 5.53. The highest BCUT2D eigenvalue weighted by Crippen LogP contribution is 2.33. The zero-order valence-electron chi connectivity index (χ0n) is 11.4. The minimum absolute atomic E-state index is 0.849. The lowest BCUT2D eigenvalue weighted by molar-refractivity contribution is 0.506. The van der Waals surface area contributed by atoms with Gasteiger partial charge in [-0.15, -0.1) is 0 Å². The summed E-state index contributed by atoms with van der Waals surface area (Å²) in [7, 11) is 0. The SMILES string of the molecule is c1cc2c(o1)CCc1cnc(N3CCCNCC3)nc1-2. The van der Waals surface area contributed by atoms with E-state index in [2.05, 4.69) is 15.2 Å². The number of hydrogen-bond donors (Lipinski definition) is 1. The Labute approximate surface area is 118 Å². The average Bonchev–Trinajstić information content (AvgIpc) is 2.81. The monoisotopic (exact) mass is 270 g/mol. The molecule has 1 saturated heterocycles. The molecule has 2 aliphatic rings. The molecule has 0 amide bonds. The summed E-state index contributed by atoms with van der Waals surface area (Å²) in [4.78, 5) is 11.7. The first kappa shape index (κ1) is 11.9. The van der Waals surface area contributed by atoms with Crippen LogP contribution in [0.1, 0.15) is 17.7 Å². The van der Waals surface area contributed by atoms with E-state index in [4.69, 9.17) is 9.40 Å². The molecule has 104 valence electrons. The molecule has 0 spiro atoms. The van der Waals surface area contributed by atoms with Crippen LogP contribution in [0.3, 0.4) is 0 Å². The predicted octanol–water partition coefficient (Wildman–Crippen LogP) is 1.63. The minimum atomic E-state index is 0.849. The molecule has 1 aliphatic carbocycles. The Bertz CT molecular complexity index is 614. The molecule has 0 atom stereocenters. The van der Waals surface area contributed by atoms with Gasteiger partial charge in [0.2, 0.25) is 5.95 Å². The van der Waals surface area contributed by atoms with E-state index in [1.54, 1.807) is 6.26 Å². The Morgan fingerprint density at radius 1 is 1.20 bits per heavy atom. The summed E-state index contributed by atoms with van der Waals surface area (Å²) in [6.45, 7) is 4.06. The van der Waals surface area contributed by atoms with E-state index in [1.165, 1.54) is 5.56 Å². The van der Waals surface area contributed by atoms with Crippen molar-refractivity contribution >= 4 is 5.95 Å². The number of hydrogen-bond acceptors (Lipinski definition) is 5. The number of rotatable bonds is 1. The summed E-state index contributed by atoms with van der Waals surface area (Å²) >= 11 is 0. The van der Waals surface area contributed by atoms with Crippen molar-refractivity contribution in [2.45, 2.75) is 19.3 Å². The van der Waals surface area contributed by atoms with Crippen LogP contribution in [0.15, 0.2) is 22.9 Å².